The third kappa shape index (κ3) is 2.99. The molecule has 0 bridgehead atoms. The summed E-state index contributed by atoms with van der Waals surface area (Å²) in [6, 6.07) is 11.1. The summed E-state index contributed by atoms with van der Waals surface area (Å²) in [5.41, 5.74) is 6.86. The number of amidine groups is 1. The van der Waals surface area contributed by atoms with Crippen molar-refractivity contribution in [1.82, 2.24) is 0 Å². The van der Waals surface area contributed by atoms with Gasteiger partial charge in [0.15, 0.2) is 0 Å². The SMILES string of the molecule is CC(Cc1ccccc1)C[C@H]1COC(N)=N1. The van der Waals surface area contributed by atoms with E-state index in [2.05, 4.69) is 36.2 Å². The van der Waals surface area contributed by atoms with E-state index in [1.54, 1.807) is 0 Å². The zero-order chi connectivity index (χ0) is 11.4. The number of hydrogen-bond donors (Lipinski definition) is 1. The molecule has 3 nitrogen and oxygen atoms in total. The third-order valence-corrected chi connectivity index (χ3v) is 2.83. The van der Waals surface area contributed by atoms with Crippen molar-refractivity contribution < 1.29 is 4.74 Å². The first-order valence-corrected chi connectivity index (χ1v) is 5.74. The normalized spacial score (nSPS) is 21.3. The first kappa shape index (κ1) is 11.0. The van der Waals surface area contributed by atoms with Crippen molar-refractivity contribution in [1.29, 1.82) is 0 Å². The van der Waals surface area contributed by atoms with Crippen LogP contribution in [0.1, 0.15) is 18.9 Å². The minimum Gasteiger partial charge on any atom is -0.463 e. The van der Waals surface area contributed by atoms with Gasteiger partial charge in [0.1, 0.15) is 6.61 Å². The van der Waals surface area contributed by atoms with Crippen LogP contribution in [0.4, 0.5) is 0 Å². The van der Waals surface area contributed by atoms with Crippen molar-refractivity contribution >= 4 is 6.02 Å². The van der Waals surface area contributed by atoms with Gasteiger partial charge in [-0.15, -0.1) is 0 Å². The van der Waals surface area contributed by atoms with Crippen LogP contribution in [-0.4, -0.2) is 18.7 Å². The maximum atomic E-state index is 5.48. The van der Waals surface area contributed by atoms with Gasteiger partial charge in [0, 0.05) is 0 Å². The Bertz CT molecular complexity index is 361. The zero-order valence-electron chi connectivity index (χ0n) is 9.60. The smallest absolute Gasteiger partial charge is 0.282 e. The summed E-state index contributed by atoms with van der Waals surface area (Å²) in [4.78, 5) is 4.24. The molecule has 1 aromatic rings. The molecule has 2 N–H and O–H groups in total. The van der Waals surface area contributed by atoms with E-state index >= 15 is 0 Å². The highest BCUT2D eigenvalue weighted by atomic mass is 16.5. The van der Waals surface area contributed by atoms with Crippen molar-refractivity contribution in [2.24, 2.45) is 16.6 Å². The second-order valence-corrected chi connectivity index (χ2v) is 4.46. The molecule has 0 spiro atoms. The van der Waals surface area contributed by atoms with E-state index < -0.39 is 0 Å². The Morgan fingerprint density at radius 3 is 2.81 bits per heavy atom. The van der Waals surface area contributed by atoms with Crippen molar-refractivity contribution in [2.45, 2.75) is 25.8 Å². The summed E-state index contributed by atoms with van der Waals surface area (Å²) < 4.78 is 5.14. The molecule has 1 heterocycles. The van der Waals surface area contributed by atoms with Crippen LogP contribution in [0, 0.1) is 5.92 Å². The van der Waals surface area contributed by atoms with Crippen molar-refractivity contribution in [3.8, 4) is 0 Å². The van der Waals surface area contributed by atoms with Crippen LogP contribution in [0.5, 0.6) is 0 Å². The number of rotatable bonds is 4. The summed E-state index contributed by atoms with van der Waals surface area (Å²) in [5.74, 6) is 0.602. The molecular weight excluding hydrogens is 200 g/mol. The Kier molecular flexibility index (Phi) is 3.44. The Balaban J connectivity index is 1.83. The van der Waals surface area contributed by atoms with E-state index in [4.69, 9.17) is 10.5 Å². The number of nitrogens with two attached hydrogens (primary N) is 1. The quantitative estimate of drug-likeness (QED) is 0.840. The molecule has 16 heavy (non-hydrogen) atoms. The van der Waals surface area contributed by atoms with E-state index in [9.17, 15) is 0 Å². The molecule has 0 aromatic heterocycles. The fraction of sp³-hybridized carbons (Fsp3) is 0.462. The number of nitrogens with zero attached hydrogens (tertiary/aromatic N) is 1. The molecule has 3 heteroatoms. The molecule has 1 aliphatic rings. The lowest BCUT2D eigenvalue weighted by atomic mass is 9.95. The molecule has 0 aliphatic carbocycles. The monoisotopic (exact) mass is 218 g/mol. The Hall–Kier alpha value is -1.51. The van der Waals surface area contributed by atoms with Gasteiger partial charge in [0.05, 0.1) is 6.04 Å². The maximum Gasteiger partial charge on any atom is 0.282 e. The van der Waals surface area contributed by atoms with Gasteiger partial charge in [-0.1, -0.05) is 37.3 Å². The fourth-order valence-electron chi connectivity index (χ4n) is 2.12. The molecule has 1 aromatic carbocycles. The Morgan fingerprint density at radius 1 is 1.44 bits per heavy atom. The van der Waals surface area contributed by atoms with Gasteiger partial charge < -0.3 is 10.5 Å². The average molecular weight is 218 g/mol. The molecule has 86 valence electrons. The molecule has 2 atom stereocenters. The molecular formula is C13H18N2O. The van der Waals surface area contributed by atoms with Crippen LogP contribution in [0.25, 0.3) is 0 Å². The van der Waals surface area contributed by atoms with Gasteiger partial charge in [-0.2, -0.15) is 0 Å². The van der Waals surface area contributed by atoms with Crippen molar-refractivity contribution in [3.63, 3.8) is 0 Å². The van der Waals surface area contributed by atoms with Crippen LogP contribution in [0.3, 0.4) is 0 Å². The van der Waals surface area contributed by atoms with Crippen molar-refractivity contribution in [3.05, 3.63) is 35.9 Å². The van der Waals surface area contributed by atoms with E-state index in [1.165, 1.54) is 5.56 Å². The summed E-state index contributed by atoms with van der Waals surface area (Å²) in [6.45, 7) is 2.89. The highest BCUT2D eigenvalue weighted by molar-refractivity contribution is 5.72. The lowest BCUT2D eigenvalue weighted by Crippen LogP contribution is -2.13. The van der Waals surface area contributed by atoms with E-state index in [0.29, 0.717) is 18.5 Å². The predicted molar refractivity (Wildman–Crippen MR) is 65.3 cm³/mol. The summed E-state index contributed by atoms with van der Waals surface area (Å²) in [6.07, 6.45) is 2.13. The lowest BCUT2D eigenvalue weighted by molar-refractivity contribution is 0.294. The van der Waals surface area contributed by atoms with E-state index in [0.717, 1.165) is 12.8 Å². The highest BCUT2D eigenvalue weighted by Crippen LogP contribution is 2.17. The molecule has 2 rings (SSSR count). The van der Waals surface area contributed by atoms with E-state index in [1.807, 2.05) is 6.07 Å². The third-order valence-electron chi connectivity index (χ3n) is 2.83. The van der Waals surface area contributed by atoms with Gasteiger partial charge in [-0.25, -0.2) is 4.99 Å². The molecule has 1 aliphatic heterocycles. The maximum absolute atomic E-state index is 5.48. The lowest BCUT2D eigenvalue weighted by Gasteiger charge is -2.13. The van der Waals surface area contributed by atoms with Crippen molar-refractivity contribution in [2.75, 3.05) is 6.61 Å². The Morgan fingerprint density at radius 2 is 2.19 bits per heavy atom. The van der Waals surface area contributed by atoms with Gasteiger partial charge in [0.25, 0.3) is 6.02 Å². The fourth-order valence-corrected chi connectivity index (χ4v) is 2.12. The minimum absolute atomic E-state index is 0.249. The van der Waals surface area contributed by atoms with Gasteiger partial charge in [-0.05, 0) is 24.3 Å². The number of aliphatic imine (C=N–C) groups is 1. The first-order chi connectivity index (χ1) is 7.74. The summed E-state index contributed by atoms with van der Waals surface area (Å²) >= 11 is 0. The predicted octanol–water partition coefficient (Wildman–Crippen LogP) is 1.97. The zero-order valence-corrected chi connectivity index (χ0v) is 9.60. The van der Waals surface area contributed by atoms with Crippen LogP contribution >= 0.6 is 0 Å². The second-order valence-electron chi connectivity index (χ2n) is 4.46. The largest absolute Gasteiger partial charge is 0.463 e. The van der Waals surface area contributed by atoms with Crippen LogP contribution in [0.2, 0.25) is 0 Å². The van der Waals surface area contributed by atoms with Gasteiger partial charge in [-0.3, -0.25) is 0 Å². The highest BCUT2D eigenvalue weighted by Gasteiger charge is 2.19. The number of hydrogen-bond acceptors (Lipinski definition) is 3. The van der Waals surface area contributed by atoms with Gasteiger partial charge in [0.2, 0.25) is 0 Å². The molecule has 0 radical (unpaired) electrons. The number of benzene rings is 1. The Labute approximate surface area is 96.3 Å². The first-order valence-electron chi connectivity index (χ1n) is 5.74. The summed E-state index contributed by atoms with van der Waals surface area (Å²) in [5, 5.41) is 0. The minimum atomic E-state index is 0.249. The average Bonchev–Trinajstić information content (AvgIpc) is 2.65. The molecule has 0 saturated heterocycles. The van der Waals surface area contributed by atoms with Crippen LogP contribution in [0.15, 0.2) is 35.3 Å². The summed E-state index contributed by atoms with van der Waals surface area (Å²) in [7, 11) is 0. The second kappa shape index (κ2) is 5.01. The molecule has 0 saturated carbocycles. The molecule has 0 amide bonds. The topological polar surface area (TPSA) is 47.6 Å². The van der Waals surface area contributed by atoms with Crippen LogP contribution < -0.4 is 5.73 Å². The number of ether oxygens (including phenoxy) is 1. The van der Waals surface area contributed by atoms with Gasteiger partial charge >= 0.3 is 0 Å². The standard InChI is InChI=1S/C13H18N2O/c1-10(7-11-5-3-2-4-6-11)8-12-9-16-13(14)15-12/h2-6,10,12H,7-9H2,1H3,(H2,14,15)/t10?,12-/m0/s1. The molecule has 1 unspecified atom stereocenters. The molecule has 0 fully saturated rings. The van der Waals surface area contributed by atoms with Crippen LogP contribution in [-0.2, 0) is 11.2 Å². The van der Waals surface area contributed by atoms with E-state index in [-0.39, 0.29) is 6.04 Å².